The molecule has 0 aliphatic carbocycles. The number of carbonyl (C=O) groups excluding carboxylic acids is 1. The minimum Gasteiger partial charge on any atom is -0.350 e. The van der Waals surface area contributed by atoms with Gasteiger partial charge in [-0.25, -0.2) is 4.98 Å². The number of piperidine rings is 1. The predicted octanol–water partition coefficient (Wildman–Crippen LogP) is 2.04. The topological polar surface area (TPSA) is 69.3 Å². The highest BCUT2D eigenvalue weighted by Gasteiger charge is 2.43. The van der Waals surface area contributed by atoms with Gasteiger partial charge in [-0.15, -0.1) is 0 Å². The number of H-pyrrole nitrogens is 1. The number of aromatic nitrogens is 2. The van der Waals surface area contributed by atoms with E-state index in [1.807, 2.05) is 42.3 Å². The van der Waals surface area contributed by atoms with E-state index < -0.39 is 0 Å². The van der Waals surface area contributed by atoms with Gasteiger partial charge in [0.15, 0.2) is 0 Å². The Labute approximate surface area is 146 Å². The lowest BCUT2D eigenvalue weighted by atomic mass is 9.95. The number of carbonyl (C=O) groups is 1. The van der Waals surface area contributed by atoms with Crippen LogP contribution in [0.5, 0.6) is 0 Å². The third-order valence-corrected chi connectivity index (χ3v) is 5.53. The van der Waals surface area contributed by atoms with Crippen molar-refractivity contribution in [1.29, 1.82) is 0 Å². The number of fused-ring (bicyclic) bond motifs is 2. The van der Waals surface area contributed by atoms with E-state index >= 15 is 0 Å². The number of aromatic amines is 1. The summed E-state index contributed by atoms with van der Waals surface area (Å²) in [6.07, 6.45) is 5.47. The molecule has 2 aliphatic rings. The number of benzene rings is 1. The molecule has 6 nitrogen and oxygen atoms in total. The fourth-order valence-corrected chi connectivity index (χ4v) is 4.29. The maximum absolute atomic E-state index is 12.7. The molecule has 130 valence electrons. The SMILES string of the molecule is CN(C(=O)c1ccccc1)C1CC2CCC(C1)N2c1cc(=O)[nH]cn1. The summed E-state index contributed by atoms with van der Waals surface area (Å²) in [5, 5.41) is 0. The molecular weight excluding hydrogens is 316 g/mol. The first-order valence-electron chi connectivity index (χ1n) is 8.79. The lowest BCUT2D eigenvalue weighted by Crippen LogP contribution is -2.51. The second-order valence-electron chi connectivity index (χ2n) is 6.97. The van der Waals surface area contributed by atoms with E-state index in [4.69, 9.17) is 0 Å². The molecular formula is C19H22N4O2. The average Bonchev–Trinajstić information content (AvgIpc) is 2.91. The van der Waals surface area contributed by atoms with Gasteiger partial charge in [0.05, 0.1) is 6.33 Å². The van der Waals surface area contributed by atoms with Gasteiger partial charge in [0, 0.05) is 36.8 Å². The van der Waals surface area contributed by atoms with Crippen LogP contribution in [0.1, 0.15) is 36.0 Å². The van der Waals surface area contributed by atoms with Gasteiger partial charge < -0.3 is 14.8 Å². The summed E-state index contributed by atoms with van der Waals surface area (Å²) in [4.78, 5) is 35.4. The predicted molar refractivity (Wildman–Crippen MR) is 95.7 cm³/mol. The number of hydrogen-bond acceptors (Lipinski definition) is 4. The number of hydrogen-bond donors (Lipinski definition) is 1. The van der Waals surface area contributed by atoms with E-state index in [2.05, 4.69) is 14.9 Å². The highest BCUT2D eigenvalue weighted by molar-refractivity contribution is 5.94. The molecule has 2 saturated heterocycles. The molecule has 2 bridgehead atoms. The molecule has 1 N–H and O–H groups in total. The van der Waals surface area contributed by atoms with Crippen molar-refractivity contribution in [3.63, 3.8) is 0 Å². The third kappa shape index (κ3) is 2.92. The van der Waals surface area contributed by atoms with Gasteiger partial charge in [0.2, 0.25) is 0 Å². The van der Waals surface area contributed by atoms with E-state index in [0.717, 1.165) is 37.1 Å². The molecule has 0 spiro atoms. The Bertz CT molecular complexity index is 805. The van der Waals surface area contributed by atoms with E-state index in [9.17, 15) is 9.59 Å². The van der Waals surface area contributed by atoms with Crippen LogP contribution in [0, 0.1) is 0 Å². The minimum absolute atomic E-state index is 0.0766. The Morgan fingerprint density at radius 2 is 1.88 bits per heavy atom. The number of anilines is 1. The van der Waals surface area contributed by atoms with Crippen molar-refractivity contribution in [1.82, 2.24) is 14.9 Å². The van der Waals surface area contributed by atoms with Crippen LogP contribution in [0.25, 0.3) is 0 Å². The van der Waals surface area contributed by atoms with Gasteiger partial charge in [-0.3, -0.25) is 9.59 Å². The Kier molecular flexibility index (Phi) is 4.03. The normalized spacial score (nSPS) is 25.0. The van der Waals surface area contributed by atoms with Crippen molar-refractivity contribution in [2.24, 2.45) is 0 Å². The smallest absolute Gasteiger partial charge is 0.253 e. The summed E-state index contributed by atoms with van der Waals surface area (Å²) >= 11 is 0. The van der Waals surface area contributed by atoms with Gasteiger partial charge in [0.1, 0.15) is 5.82 Å². The quantitative estimate of drug-likeness (QED) is 0.930. The van der Waals surface area contributed by atoms with Crippen LogP contribution in [-0.2, 0) is 0 Å². The lowest BCUT2D eigenvalue weighted by Gasteiger charge is -2.42. The van der Waals surface area contributed by atoms with Crippen molar-refractivity contribution >= 4 is 11.7 Å². The molecule has 25 heavy (non-hydrogen) atoms. The van der Waals surface area contributed by atoms with Gasteiger partial charge >= 0.3 is 0 Å². The molecule has 0 radical (unpaired) electrons. The summed E-state index contributed by atoms with van der Waals surface area (Å²) in [6.45, 7) is 0. The van der Waals surface area contributed by atoms with Crippen LogP contribution in [0.4, 0.5) is 5.82 Å². The fourth-order valence-electron chi connectivity index (χ4n) is 4.29. The third-order valence-electron chi connectivity index (χ3n) is 5.53. The number of amides is 1. The summed E-state index contributed by atoms with van der Waals surface area (Å²) < 4.78 is 0. The average molecular weight is 338 g/mol. The van der Waals surface area contributed by atoms with Gasteiger partial charge in [-0.1, -0.05) is 18.2 Å². The number of nitrogens with one attached hydrogen (secondary N) is 1. The first kappa shape index (κ1) is 15.9. The van der Waals surface area contributed by atoms with E-state index in [0.29, 0.717) is 12.1 Å². The highest BCUT2D eigenvalue weighted by atomic mass is 16.2. The summed E-state index contributed by atoms with van der Waals surface area (Å²) in [6, 6.07) is 11.9. The summed E-state index contributed by atoms with van der Waals surface area (Å²) in [5.41, 5.74) is 0.610. The second kappa shape index (κ2) is 6.35. The van der Waals surface area contributed by atoms with E-state index in [1.54, 1.807) is 6.07 Å². The van der Waals surface area contributed by atoms with Gasteiger partial charge in [-0.05, 0) is 37.8 Å². The molecule has 2 atom stereocenters. The standard InChI is InChI=1S/C19H22N4O2/c1-22(19(25)13-5-3-2-4-6-13)16-9-14-7-8-15(10-16)23(14)17-11-18(24)21-12-20-17/h2-6,11-12,14-16H,7-10H2,1H3,(H,20,21,24). The molecule has 1 aromatic carbocycles. The van der Waals surface area contributed by atoms with Crippen molar-refractivity contribution in [3.05, 3.63) is 58.6 Å². The maximum Gasteiger partial charge on any atom is 0.253 e. The molecule has 2 unspecified atom stereocenters. The van der Waals surface area contributed by atoms with Crippen molar-refractivity contribution in [2.45, 2.75) is 43.8 Å². The zero-order valence-corrected chi connectivity index (χ0v) is 14.3. The van der Waals surface area contributed by atoms with Gasteiger partial charge in [-0.2, -0.15) is 0 Å². The Morgan fingerprint density at radius 3 is 2.52 bits per heavy atom. The van der Waals surface area contributed by atoms with Gasteiger partial charge in [0.25, 0.3) is 11.5 Å². The Balaban J connectivity index is 1.51. The van der Waals surface area contributed by atoms with E-state index in [-0.39, 0.29) is 17.5 Å². The molecule has 2 aromatic rings. The lowest BCUT2D eigenvalue weighted by molar-refractivity contribution is 0.0693. The molecule has 4 rings (SSSR count). The van der Waals surface area contributed by atoms with Crippen LogP contribution < -0.4 is 10.5 Å². The largest absolute Gasteiger partial charge is 0.350 e. The molecule has 2 aliphatic heterocycles. The molecule has 2 fully saturated rings. The van der Waals surface area contributed by atoms with Crippen LogP contribution in [0.15, 0.2) is 47.5 Å². The second-order valence-corrected chi connectivity index (χ2v) is 6.97. The summed E-state index contributed by atoms with van der Waals surface area (Å²) in [5.74, 6) is 0.833. The first-order chi connectivity index (χ1) is 12.1. The van der Waals surface area contributed by atoms with Crippen LogP contribution in [0.3, 0.4) is 0 Å². The van der Waals surface area contributed by atoms with Crippen LogP contribution >= 0.6 is 0 Å². The molecule has 6 heteroatoms. The molecule has 3 heterocycles. The van der Waals surface area contributed by atoms with E-state index in [1.165, 1.54) is 6.33 Å². The summed E-state index contributed by atoms with van der Waals surface area (Å²) in [7, 11) is 1.90. The Hall–Kier alpha value is -2.63. The molecule has 0 saturated carbocycles. The monoisotopic (exact) mass is 338 g/mol. The number of rotatable bonds is 3. The molecule has 1 amide bonds. The van der Waals surface area contributed by atoms with Crippen molar-refractivity contribution < 1.29 is 4.79 Å². The van der Waals surface area contributed by atoms with Crippen molar-refractivity contribution in [3.8, 4) is 0 Å². The first-order valence-corrected chi connectivity index (χ1v) is 8.79. The zero-order chi connectivity index (χ0) is 17.4. The maximum atomic E-state index is 12.7. The highest BCUT2D eigenvalue weighted by Crippen LogP contribution is 2.39. The fraction of sp³-hybridized carbons (Fsp3) is 0.421. The Morgan fingerprint density at radius 1 is 1.20 bits per heavy atom. The van der Waals surface area contributed by atoms with Crippen molar-refractivity contribution in [2.75, 3.05) is 11.9 Å². The minimum atomic E-state index is -0.122. The van der Waals surface area contributed by atoms with Crippen LogP contribution in [-0.4, -0.2) is 45.9 Å². The number of nitrogens with zero attached hydrogens (tertiary/aromatic N) is 3. The zero-order valence-electron chi connectivity index (χ0n) is 14.3. The molecule has 1 aromatic heterocycles. The van der Waals surface area contributed by atoms with Crippen LogP contribution in [0.2, 0.25) is 0 Å².